The SMILES string of the molecule is CC(=O)O[C@@]1(C)CC[C@H](C(C)C)[C@@H]2[C@H]1[C@H]1C[C@@]3(C)O[C@](C)(CC[C@H]3O)[C@@H]2O1. The number of rotatable bonds is 2. The molecule has 4 fully saturated rings. The molecule has 3 heterocycles. The monoisotopic (exact) mass is 380 g/mol. The van der Waals surface area contributed by atoms with Crippen molar-refractivity contribution in [3.05, 3.63) is 0 Å². The Morgan fingerprint density at radius 2 is 1.85 bits per heavy atom. The van der Waals surface area contributed by atoms with E-state index < -0.39 is 22.9 Å². The zero-order chi connectivity index (χ0) is 19.8. The number of carbonyl (C=O) groups excluding carboxylic acids is 1. The van der Waals surface area contributed by atoms with Gasteiger partial charge in [0.15, 0.2) is 0 Å². The van der Waals surface area contributed by atoms with Crippen molar-refractivity contribution >= 4 is 5.97 Å². The largest absolute Gasteiger partial charge is 0.459 e. The fourth-order valence-electron chi connectivity index (χ4n) is 7.01. The second kappa shape index (κ2) is 6.17. The Morgan fingerprint density at radius 3 is 2.48 bits per heavy atom. The minimum atomic E-state index is -0.598. The van der Waals surface area contributed by atoms with E-state index in [1.54, 1.807) is 0 Å². The number of hydrogen-bond acceptors (Lipinski definition) is 5. The molecule has 0 radical (unpaired) electrons. The molecule has 3 saturated heterocycles. The average Bonchev–Trinajstić information content (AvgIpc) is 2.87. The molecule has 5 nitrogen and oxygen atoms in total. The maximum absolute atomic E-state index is 11.9. The van der Waals surface area contributed by atoms with Gasteiger partial charge < -0.3 is 19.3 Å². The number of carbonyl (C=O) groups is 1. The first kappa shape index (κ1) is 19.7. The fourth-order valence-corrected chi connectivity index (χ4v) is 7.01. The third kappa shape index (κ3) is 2.87. The van der Waals surface area contributed by atoms with E-state index in [0.717, 1.165) is 25.7 Å². The summed E-state index contributed by atoms with van der Waals surface area (Å²) < 4.78 is 19.3. The second-order valence-corrected chi connectivity index (χ2v) is 10.5. The molecule has 9 atom stereocenters. The van der Waals surface area contributed by atoms with Crippen LogP contribution in [0.5, 0.6) is 0 Å². The molecule has 1 N–H and O–H groups in total. The quantitative estimate of drug-likeness (QED) is 0.743. The molecule has 0 aromatic carbocycles. The molecule has 0 aromatic heterocycles. The predicted octanol–water partition coefficient (Wildman–Crippen LogP) is 3.47. The third-order valence-corrected chi connectivity index (χ3v) is 8.19. The zero-order valence-electron chi connectivity index (χ0n) is 17.7. The average molecular weight is 381 g/mol. The van der Waals surface area contributed by atoms with Crippen molar-refractivity contribution in [3.8, 4) is 0 Å². The van der Waals surface area contributed by atoms with Crippen molar-refractivity contribution in [2.75, 3.05) is 0 Å². The highest BCUT2D eigenvalue weighted by Crippen LogP contribution is 2.61. The highest BCUT2D eigenvalue weighted by atomic mass is 16.6. The summed E-state index contributed by atoms with van der Waals surface area (Å²) in [5.74, 6) is 1.34. The molecule has 0 unspecified atom stereocenters. The Labute approximate surface area is 163 Å². The lowest BCUT2D eigenvalue weighted by Crippen LogP contribution is -2.63. The lowest BCUT2D eigenvalue weighted by atomic mass is 9.56. The van der Waals surface area contributed by atoms with E-state index >= 15 is 0 Å². The van der Waals surface area contributed by atoms with Gasteiger partial charge in [0, 0.05) is 25.2 Å². The van der Waals surface area contributed by atoms with E-state index in [4.69, 9.17) is 14.2 Å². The van der Waals surface area contributed by atoms with Crippen LogP contribution in [0.2, 0.25) is 0 Å². The lowest BCUT2D eigenvalue weighted by molar-refractivity contribution is -0.251. The Hall–Kier alpha value is -0.650. The second-order valence-electron chi connectivity index (χ2n) is 10.5. The Morgan fingerprint density at radius 1 is 1.15 bits per heavy atom. The van der Waals surface area contributed by atoms with Crippen molar-refractivity contribution in [2.24, 2.45) is 23.7 Å². The van der Waals surface area contributed by atoms with Gasteiger partial charge in [-0.3, -0.25) is 4.79 Å². The highest BCUT2D eigenvalue weighted by Gasteiger charge is 2.68. The number of hydrogen-bond donors (Lipinski definition) is 1. The maximum Gasteiger partial charge on any atom is 0.303 e. The predicted molar refractivity (Wildman–Crippen MR) is 101 cm³/mol. The summed E-state index contributed by atoms with van der Waals surface area (Å²) in [4.78, 5) is 11.9. The minimum absolute atomic E-state index is 0.00981. The van der Waals surface area contributed by atoms with E-state index in [1.165, 1.54) is 6.92 Å². The van der Waals surface area contributed by atoms with E-state index in [2.05, 4.69) is 27.7 Å². The first-order valence-electron chi connectivity index (χ1n) is 10.7. The standard InChI is InChI=1S/C22H36O5/c1-12(2)14-7-9-20(4,26-13(3)23)18-15-11-22(6)16(24)8-10-21(5,27-22)19(25-15)17(14)18/h12,14-19,24H,7-11H2,1-6H3/t14-,15-,16-,17-,18-,19-,20+,21-,22-/m1/s1. The maximum atomic E-state index is 11.9. The molecule has 5 heteroatoms. The van der Waals surface area contributed by atoms with Gasteiger partial charge in [0.1, 0.15) is 5.60 Å². The molecule has 1 aliphatic carbocycles. The van der Waals surface area contributed by atoms with Gasteiger partial charge in [-0.25, -0.2) is 0 Å². The lowest BCUT2D eigenvalue weighted by Gasteiger charge is -2.55. The molecule has 3 aliphatic heterocycles. The summed E-state index contributed by atoms with van der Waals surface area (Å²) in [7, 11) is 0. The smallest absolute Gasteiger partial charge is 0.303 e. The van der Waals surface area contributed by atoms with Gasteiger partial charge in [0.25, 0.3) is 0 Å². The van der Waals surface area contributed by atoms with Gasteiger partial charge in [-0.05, 0) is 58.3 Å². The molecule has 1 saturated carbocycles. The van der Waals surface area contributed by atoms with Gasteiger partial charge in [-0.1, -0.05) is 13.8 Å². The van der Waals surface area contributed by atoms with Crippen LogP contribution < -0.4 is 0 Å². The minimum Gasteiger partial charge on any atom is -0.459 e. The number of aliphatic hydroxyl groups is 1. The molecule has 154 valence electrons. The summed E-state index contributed by atoms with van der Waals surface area (Å²) >= 11 is 0. The Kier molecular flexibility index (Phi) is 4.49. The summed E-state index contributed by atoms with van der Waals surface area (Å²) in [5, 5.41) is 10.7. The van der Waals surface area contributed by atoms with E-state index in [0.29, 0.717) is 24.2 Å². The van der Waals surface area contributed by atoms with Crippen LogP contribution in [0.15, 0.2) is 0 Å². The van der Waals surface area contributed by atoms with Crippen LogP contribution in [-0.2, 0) is 19.0 Å². The fraction of sp³-hybridized carbons (Fsp3) is 0.955. The number of ether oxygens (including phenoxy) is 3. The number of fused-ring (bicyclic) bond motifs is 8. The molecule has 0 amide bonds. The number of aliphatic hydroxyl groups excluding tert-OH is 1. The Balaban J connectivity index is 1.79. The number of esters is 1. The van der Waals surface area contributed by atoms with E-state index in [-0.39, 0.29) is 24.1 Å². The van der Waals surface area contributed by atoms with Gasteiger partial charge >= 0.3 is 5.97 Å². The van der Waals surface area contributed by atoms with E-state index in [1.807, 2.05) is 6.92 Å². The normalized spacial score (nSPS) is 54.4. The van der Waals surface area contributed by atoms with Gasteiger partial charge in [-0.15, -0.1) is 0 Å². The van der Waals surface area contributed by atoms with Gasteiger partial charge in [-0.2, -0.15) is 0 Å². The molecular formula is C22H36O5. The molecule has 4 bridgehead atoms. The molecular weight excluding hydrogens is 344 g/mol. The molecule has 0 spiro atoms. The topological polar surface area (TPSA) is 65.0 Å². The van der Waals surface area contributed by atoms with E-state index in [9.17, 15) is 9.90 Å². The van der Waals surface area contributed by atoms with Gasteiger partial charge in [0.2, 0.25) is 0 Å². The van der Waals surface area contributed by atoms with Crippen LogP contribution in [0.4, 0.5) is 0 Å². The summed E-state index contributed by atoms with van der Waals surface area (Å²) in [6, 6.07) is 0. The van der Waals surface area contributed by atoms with Crippen molar-refractivity contribution < 1.29 is 24.1 Å². The molecule has 4 rings (SSSR count). The third-order valence-electron chi connectivity index (χ3n) is 8.19. The van der Waals surface area contributed by atoms with Crippen molar-refractivity contribution in [1.82, 2.24) is 0 Å². The summed E-state index contributed by atoms with van der Waals surface area (Å²) in [5.41, 5.74) is -1.51. The first-order valence-corrected chi connectivity index (χ1v) is 10.7. The van der Waals surface area contributed by atoms with Crippen LogP contribution >= 0.6 is 0 Å². The van der Waals surface area contributed by atoms with Crippen LogP contribution in [0.3, 0.4) is 0 Å². The highest BCUT2D eigenvalue weighted by molar-refractivity contribution is 5.66. The summed E-state index contributed by atoms with van der Waals surface area (Å²) in [6.45, 7) is 12.4. The molecule has 0 aromatic rings. The molecule has 4 aliphatic rings. The Bertz CT molecular complexity index is 620. The van der Waals surface area contributed by atoms with Crippen LogP contribution in [0.1, 0.15) is 73.6 Å². The van der Waals surface area contributed by atoms with Crippen molar-refractivity contribution in [1.29, 1.82) is 0 Å². The first-order chi connectivity index (χ1) is 12.5. The van der Waals surface area contributed by atoms with Crippen molar-refractivity contribution in [2.45, 2.75) is 109 Å². The zero-order valence-corrected chi connectivity index (χ0v) is 17.7. The summed E-state index contributed by atoms with van der Waals surface area (Å²) in [6.07, 6.45) is 3.60. The van der Waals surface area contributed by atoms with Crippen molar-refractivity contribution in [3.63, 3.8) is 0 Å². The van der Waals surface area contributed by atoms with Crippen LogP contribution in [0, 0.1) is 23.7 Å². The van der Waals surface area contributed by atoms with Crippen LogP contribution in [-0.4, -0.2) is 46.2 Å². The van der Waals surface area contributed by atoms with Gasteiger partial charge in [0.05, 0.1) is 29.5 Å². The van der Waals surface area contributed by atoms with Crippen LogP contribution in [0.25, 0.3) is 0 Å². The molecule has 27 heavy (non-hydrogen) atoms.